The highest BCUT2D eigenvalue weighted by Crippen LogP contribution is 2.09. The Labute approximate surface area is 152 Å². The summed E-state index contributed by atoms with van der Waals surface area (Å²) in [4.78, 5) is 30.3. The lowest BCUT2D eigenvalue weighted by molar-refractivity contribution is 0.0950. The van der Waals surface area contributed by atoms with Crippen molar-refractivity contribution in [1.29, 1.82) is 0 Å². The summed E-state index contributed by atoms with van der Waals surface area (Å²) in [5.74, 6) is -0.535. The van der Waals surface area contributed by atoms with Gasteiger partial charge in [-0.2, -0.15) is 0 Å². The Morgan fingerprint density at radius 2 is 1.64 bits per heavy atom. The van der Waals surface area contributed by atoms with E-state index in [2.05, 4.69) is 15.6 Å². The highest BCUT2D eigenvalue weighted by molar-refractivity contribution is 6.30. The number of hydrogen-bond donors (Lipinski definition) is 2. The Morgan fingerprint density at radius 1 is 1.04 bits per heavy atom. The molecule has 2 rings (SSSR count). The molecular weight excluding hydrogens is 340 g/mol. The molecule has 7 heteroatoms. The van der Waals surface area contributed by atoms with Crippen molar-refractivity contribution in [1.82, 2.24) is 20.5 Å². The van der Waals surface area contributed by atoms with E-state index >= 15 is 0 Å². The monoisotopic (exact) mass is 360 g/mol. The summed E-state index contributed by atoms with van der Waals surface area (Å²) in [5, 5.41) is 6.24. The molecule has 2 aromatic rings. The van der Waals surface area contributed by atoms with E-state index in [0.29, 0.717) is 29.2 Å². The molecular formula is C18H21ClN4O2. The van der Waals surface area contributed by atoms with Crippen molar-refractivity contribution in [2.24, 2.45) is 0 Å². The molecule has 0 radical (unpaired) electrons. The van der Waals surface area contributed by atoms with E-state index in [-0.39, 0.29) is 11.8 Å². The fourth-order valence-corrected chi connectivity index (χ4v) is 2.20. The third-order valence-electron chi connectivity index (χ3n) is 3.47. The normalized spacial score (nSPS) is 10.6. The number of nitrogens with one attached hydrogen (secondary N) is 2. The number of likely N-dealkylation sites (N-methyl/N-ethyl adjacent to an activating group) is 1. The molecule has 25 heavy (non-hydrogen) atoms. The van der Waals surface area contributed by atoms with Crippen molar-refractivity contribution < 1.29 is 9.59 Å². The summed E-state index contributed by atoms with van der Waals surface area (Å²) in [6.07, 6.45) is 2.88. The maximum Gasteiger partial charge on any atom is 0.253 e. The number of rotatable bonds is 7. The van der Waals surface area contributed by atoms with Gasteiger partial charge in [-0.3, -0.25) is 14.6 Å². The summed E-state index contributed by atoms with van der Waals surface area (Å²) in [6, 6.07) is 8.76. The first-order valence-electron chi connectivity index (χ1n) is 7.86. The molecule has 0 atom stereocenters. The zero-order valence-electron chi connectivity index (χ0n) is 14.3. The van der Waals surface area contributed by atoms with E-state index < -0.39 is 0 Å². The second kappa shape index (κ2) is 9.15. The lowest BCUT2D eigenvalue weighted by Gasteiger charge is -2.11. The van der Waals surface area contributed by atoms with Gasteiger partial charge in [0.1, 0.15) is 0 Å². The second-order valence-electron chi connectivity index (χ2n) is 5.83. The fourth-order valence-electron chi connectivity index (χ4n) is 2.07. The second-order valence-corrected chi connectivity index (χ2v) is 6.27. The average molecular weight is 361 g/mol. The summed E-state index contributed by atoms with van der Waals surface area (Å²) in [5.41, 5.74) is 1.63. The van der Waals surface area contributed by atoms with Crippen LogP contribution in [0.15, 0.2) is 42.7 Å². The molecule has 0 spiro atoms. The molecule has 1 heterocycles. The molecule has 2 amide bonds. The molecule has 0 saturated heterocycles. The zero-order valence-corrected chi connectivity index (χ0v) is 15.0. The maximum absolute atomic E-state index is 12.2. The van der Waals surface area contributed by atoms with Crippen LogP contribution >= 0.6 is 11.6 Å². The standard InChI is InChI=1S/C18H21ClN4O2/c1-23(2)8-7-21-17(24)14-9-15(12-20-11-14)18(25)22-10-13-3-5-16(19)6-4-13/h3-6,9,11-12H,7-8,10H2,1-2H3,(H,21,24)(H,22,25). The van der Waals surface area contributed by atoms with E-state index in [9.17, 15) is 9.59 Å². The number of carbonyl (C=O) groups excluding carboxylic acids is 2. The minimum absolute atomic E-state index is 0.248. The first kappa shape index (κ1) is 18.9. The molecule has 1 aromatic carbocycles. The molecule has 1 aromatic heterocycles. The van der Waals surface area contributed by atoms with Gasteiger partial charge in [0.25, 0.3) is 11.8 Å². The van der Waals surface area contributed by atoms with Crippen LogP contribution in [-0.4, -0.2) is 48.9 Å². The Balaban J connectivity index is 1.93. The van der Waals surface area contributed by atoms with Crippen molar-refractivity contribution in [2.75, 3.05) is 27.2 Å². The fraction of sp³-hybridized carbons (Fsp3) is 0.278. The minimum atomic E-state index is -0.287. The Kier molecular flexibility index (Phi) is 6.91. The molecule has 0 aliphatic rings. The third kappa shape index (κ3) is 6.17. The summed E-state index contributed by atoms with van der Waals surface area (Å²) < 4.78 is 0. The van der Waals surface area contributed by atoms with Gasteiger partial charge >= 0.3 is 0 Å². The number of carbonyl (C=O) groups is 2. The quantitative estimate of drug-likeness (QED) is 0.791. The van der Waals surface area contributed by atoms with Gasteiger partial charge < -0.3 is 15.5 Å². The summed E-state index contributed by atoms with van der Waals surface area (Å²) in [7, 11) is 3.86. The SMILES string of the molecule is CN(C)CCNC(=O)c1cncc(C(=O)NCc2ccc(Cl)cc2)c1. The van der Waals surface area contributed by atoms with Gasteiger partial charge in [-0.1, -0.05) is 23.7 Å². The maximum atomic E-state index is 12.2. The van der Waals surface area contributed by atoms with Gasteiger partial charge in [-0.25, -0.2) is 0 Å². The smallest absolute Gasteiger partial charge is 0.253 e. The van der Waals surface area contributed by atoms with Gasteiger partial charge in [-0.05, 0) is 37.9 Å². The Bertz CT molecular complexity index is 732. The number of pyridine rings is 1. The van der Waals surface area contributed by atoms with Gasteiger partial charge in [0.05, 0.1) is 11.1 Å². The van der Waals surface area contributed by atoms with Crippen LogP contribution in [-0.2, 0) is 6.54 Å². The van der Waals surface area contributed by atoms with Gasteiger partial charge in [0.15, 0.2) is 0 Å². The largest absolute Gasteiger partial charge is 0.351 e. The van der Waals surface area contributed by atoms with Crippen molar-refractivity contribution in [3.05, 3.63) is 64.4 Å². The lowest BCUT2D eigenvalue weighted by Crippen LogP contribution is -2.31. The molecule has 0 bridgehead atoms. The number of nitrogens with zero attached hydrogens (tertiary/aromatic N) is 2. The van der Waals surface area contributed by atoms with E-state index in [1.54, 1.807) is 12.1 Å². The zero-order chi connectivity index (χ0) is 18.2. The van der Waals surface area contributed by atoms with Crippen LogP contribution in [0, 0.1) is 0 Å². The van der Waals surface area contributed by atoms with Crippen LogP contribution in [0.5, 0.6) is 0 Å². The lowest BCUT2D eigenvalue weighted by atomic mass is 10.1. The topological polar surface area (TPSA) is 74.3 Å². The number of aromatic nitrogens is 1. The van der Waals surface area contributed by atoms with E-state index in [1.165, 1.54) is 18.5 Å². The third-order valence-corrected chi connectivity index (χ3v) is 3.73. The van der Waals surface area contributed by atoms with E-state index in [1.807, 2.05) is 31.1 Å². The van der Waals surface area contributed by atoms with E-state index in [0.717, 1.165) is 12.1 Å². The number of benzene rings is 1. The van der Waals surface area contributed by atoms with Crippen LogP contribution in [0.2, 0.25) is 5.02 Å². The molecule has 0 aliphatic carbocycles. The van der Waals surface area contributed by atoms with Gasteiger partial charge in [0, 0.05) is 37.1 Å². The number of amides is 2. The highest BCUT2D eigenvalue weighted by atomic mass is 35.5. The Morgan fingerprint density at radius 3 is 2.24 bits per heavy atom. The molecule has 0 unspecified atom stereocenters. The van der Waals surface area contributed by atoms with Crippen LogP contribution in [0.3, 0.4) is 0 Å². The molecule has 132 valence electrons. The molecule has 0 saturated carbocycles. The van der Waals surface area contributed by atoms with E-state index in [4.69, 9.17) is 11.6 Å². The van der Waals surface area contributed by atoms with Gasteiger partial charge in [0.2, 0.25) is 0 Å². The number of halogens is 1. The predicted molar refractivity (Wildman–Crippen MR) is 97.7 cm³/mol. The molecule has 2 N–H and O–H groups in total. The van der Waals surface area contributed by atoms with Gasteiger partial charge in [-0.15, -0.1) is 0 Å². The summed E-state index contributed by atoms with van der Waals surface area (Å²) >= 11 is 5.83. The first-order valence-corrected chi connectivity index (χ1v) is 8.24. The Hall–Kier alpha value is -2.44. The van der Waals surface area contributed by atoms with Crippen LogP contribution in [0.4, 0.5) is 0 Å². The minimum Gasteiger partial charge on any atom is -0.351 e. The van der Waals surface area contributed by atoms with Crippen molar-refractivity contribution in [3.63, 3.8) is 0 Å². The first-order chi connectivity index (χ1) is 12.0. The van der Waals surface area contributed by atoms with Crippen molar-refractivity contribution in [2.45, 2.75) is 6.54 Å². The van der Waals surface area contributed by atoms with Crippen LogP contribution in [0.1, 0.15) is 26.3 Å². The van der Waals surface area contributed by atoms with Crippen LogP contribution in [0.25, 0.3) is 0 Å². The average Bonchev–Trinajstić information content (AvgIpc) is 2.60. The van der Waals surface area contributed by atoms with Crippen molar-refractivity contribution >= 4 is 23.4 Å². The number of hydrogen-bond acceptors (Lipinski definition) is 4. The molecule has 6 nitrogen and oxygen atoms in total. The highest BCUT2D eigenvalue weighted by Gasteiger charge is 2.11. The summed E-state index contributed by atoms with van der Waals surface area (Å²) in [6.45, 7) is 1.63. The predicted octanol–water partition coefficient (Wildman–Crippen LogP) is 1.96. The molecule has 0 fully saturated rings. The van der Waals surface area contributed by atoms with Crippen molar-refractivity contribution in [3.8, 4) is 0 Å². The molecule has 0 aliphatic heterocycles. The van der Waals surface area contributed by atoms with Crippen LogP contribution < -0.4 is 10.6 Å².